The summed E-state index contributed by atoms with van der Waals surface area (Å²) >= 11 is 1.03. The molecule has 204 valence electrons. The van der Waals surface area contributed by atoms with Crippen LogP contribution < -0.4 is 16.8 Å². The van der Waals surface area contributed by atoms with Gasteiger partial charge >= 0.3 is 19.8 Å². The number of carboxylic acid groups (broad SMARTS) is 2. The SMILES string of the molecule is CCCC(=O)N[C@@H](CSc1c2ccccc2cn1C(COP(=O)(O)OCCN=C(N)N)C(=O)O)C(=O)O. The molecule has 1 aromatic carbocycles. The molecule has 0 aliphatic carbocycles. The van der Waals surface area contributed by atoms with Crippen LogP contribution in [0.25, 0.3) is 10.8 Å². The Hall–Kier alpha value is -3.10. The number of thioether (sulfide) groups is 1. The van der Waals surface area contributed by atoms with Crippen LogP contribution in [-0.2, 0) is 28.0 Å². The van der Waals surface area contributed by atoms with Crippen molar-refractivity contribution in [1.82, 2.24) is 9.88 Å². The second-order valence-electron chi connectivity index (χ2n) is 7.71. The molecule has 0 aliphatic heterocycles. The second kappa shape index (κ2) is 14.0. The minimum Gasteiger partial charge on any atom is -0.480 e. The van der Waals surface area contributed by atoms with Gasteiger partial charge in [-0.3, -0.25) is 18.8 Å². The van der Waals surface area contributed by atoms with Crippen molar-refractivity contribution >= 4 is 54.2 Å². The van der Waals surface area contributed by atoms with Crippen molar-refractivity contribution in [2.24, 2.45) is 16.5 Å². The zero-order valence-corrected chi connectivity index (χ0v) is 21.7. The first-order valence-electron chi connectivity index (χ1n) is 11.1. The minimum atomic E-state index is -4.64. The number of nitrogens with two attached hydrogens (primary N) is 2. The smallest absolute Gasteiger partial charge is 0.472 e. The zero-order valence-electron chi connectivity index (χ0n) is 20.0. The summed E-state index contributed by atoms with van der Waals surface area (Å²) in [7, 11) is -4.64. The standard InChI is InChI=1S/C21H30N5O9PS/c1-2-5-17(27)25-15(19(28)29)12-37-18-14-7-4-3-6-13(14)10-26(18)16(20(30)31)11-35-36(32,33)34-9-8-24-21(22)23/h3-4,6-7,10,15-16H,2,5,8-9,11-12H2,1H3,(H,25,27)(H,28,29)(H,30,31)(H,32,33)(H4,22,23,24)/t15-,16?/m0/s1. The Morgan fingerprint density at radius 2 is 1.89 bits per heavy atom. The summed E-state index contributed by atoms with van der Waals surface area (Å²) in [6, 6.07) is 4.24. The number of benzene rings is 1. The molecule has 2 rings (SSSR count). The molecule has 1 aromatic heterocycles. The van der Waals surface area contributed by atoms with E-state index in [-0.39, 0.29) is 31.3 Å². The van der Waals surface area contributed by atoms with Crippen molar-refractivity contribution in [3.8, 4) is 0 Å². The van der Waals surface area contributed by atoms with Crippen LogP contribution in [0.4, 0.5) is 0 Å². The van der Waals surface area contributed by atoms with Gasteiger partial charge in [0.05, 0.1) is 24.8 Å². The van der Waals surface area contributed by atoms with Gasteiger partial charge in [-0.15, -0.1) is 11.8 Å². The van der Waals surface area contributed by atoms with Crippen molar-refractivity contribution in [3.05, 3.63) is 30.5 Å². The number of aliphatic carboxylic acids is 2. The van der Waals surface area contributed by atoms with E-state index < -0.39 is 44.4 Å². The predicted molar refractivity (Wildman–Crippen MR) is 136 cm³/mol. The lowest BCUT2D eigenvalue weighted by Crippen LogP contribution is -2.42. The first-order valence-corrected chi connectivity index (χ1v) is 13.6. The van der Waals surface area contributed by atoms with Gasteiger partial charge in [-0.25, -0.2) is 14.2 Å². The zero-order chi connectivity index (χ0) is 27.6. The fraction of sp³-hybridized carbons (Fsp3) is 0.429. The Bertz CT molecular complexity index is 1180. The average molecular weight is 560 g/mol. The number of carbonyl (C=O) groups excluding carboxylic acids is 1. The van der Waals surface area contributed by atoms with Crippen LogP contribution >= 0.6 is 19.6 Å². The van der Waals surface area contributed by atoms with Crippen LogP contribution in [0.1, 0.15) is 25.8 Å². The predicted octanol–water partition coefficient (Wildman–Crippen LogP) is 1.14. The summed E-state index contributed by atoms with van der Waals surface area (Å²) in [4.78, 5) is 49.3. The molecule has 1 heterocycles. The normalized spacial score (nSPS) is 14.4. The number of carbonyl (C=O) groups is 3. The number of phosphoric ester groups is 1. The quantitative estimate of drug-likeness (QED) is 0.0559. The number of hydrogen-bond acceptors (Lipinski definition) is 8. The van der Waals surface area contributed by atoms with E-state index in [0.29, 0.717) is 22.2 Å². The van der Waals surface area contributed by atoms with E-state index in [1.54, 1.807) is 31.2 Å². The van der Waals surface area contributed by atoms with Crippen molar-refractivity contribution in [1.29, 1.82) is 0 Å². The molecule has 2 unspecified atom stereocenters. The van der Waals surface area contributed by atoms with Crippen molar-refractivity contribution < 1.29 is 43.1 Å². The van der Waals surface area contributed by atoms with Gasteiger partial charge in [-0.1, -0.05) is 31.2 Å². The first kappa shape index (κ1) is 30.1. The van der Waals surface area contributed by atoms with Crippen LogP contribution in [0.15, 0.2) is 40.5 Å². The number of nitrogens with one attached hydrogen (secondary N) is 1. The summed E-state index contributed by atoms with van der Waals surface area (Å²) in [5.41, 5.74) is 10.3. The van der Waals surface area contributed by atoms with E-state index in [1.165, 1.54) is 10.8 Å². The molecule has 3 atom stereocenters. The third-order valence-corrected chi connectivity index (χ3v) is 7.05. The van der Waals surface area contributed by atoms with E-state index in [2.05, 4.69) is 10.3 Å². The van der Waals surface area contributed by atoms with E-state index >= 15 is 0 Å². The molecule has 0 saturated carbocycles. The van der Waals surface area contributed by atoms with Crippen LogP contribution in [-0.4, -0.2) is 75.0 Å². The highest BCUT2D eigenvalue weighted by Gasteiger charge is 2.30. The van der Waals surface area contributed by atoms with Gasteiger partial charge < -0.3 is 36.5 Å². The third kappa shape index (κ3) is 9.37. The number of fused-ring (bicyclic) bond motifs is 1. The maximum absolute atomic E-state index is 12.2. The lowest BCUT2D eigenvalue weighted by Gasteiger charge is -2.20. The number of amides is 1. The molecule has 14 nitrogen and oxygen atoms in total. The molecule has 0 fully saturated rings. The first-order chi connectivity index (χ1) is 17.4. The lowest BCUT2D eigenvalue weighted by atomic mass is 10.2. The molecule has 2 aromatic rings. The lowest BCUT2D eigenvalue weighted by molar-refractivity contribution is -0.142. The topological polar surface area (TPSA) is 229 Å². The highest BCUT2D eigenvalue weighted by Crippen LogP contribution is 2.44. The number of aromatic nitrogens is 1. The maximum Gasteiger partial charge on any atom is 0.472 e. The maximum atomic E-state index is 12.2. The summed E-state index contributed by atoms with van der Waals surface area (Å²) in [6.45, 7) is 0.591. The number of carboxylic acids is 2. The van der Waals surface area contributed by atoms with Crippen LogP contribution in [0.3, 0.4) is 0 Å². The molecular formula is C21H30N5O9PS. The van der Waals surface area contributed by atoms with Crippen molar-refractivity contribution in [2.45, 2.75) is 36.9 Å². The van der Waals surface area contributed by atoms with Gasteiger partial charge in [-0.05, 0) is 6.42 Å². The molecule has 0 spiro atoms. The molecule has 0 aliphatic rings. The molecule has 0 bridgehead atoms. The molecule has 0 radical (unpaired) electrons. The van der Waals surface area contributed by atoms with Crippen LogP contribution in [0, 0.1) is 0 Å². The number of nitrogens with zero attached hydrogens (tertiary/aromatic N) is 2. The Kier molecular flexibility index (Phi) is 11.4. The third-order valence-electron chi connectivity index (χ3n) is 4.86. The molecule has 8 N–H and O–H groups in total. The highest BCUT2D eigenvalue weighted by molar-refractivity contribution is 7.99. The molecule has 0 saturated heterocycles. The number of aliphatic imine (C=N–C) groups is 1. The summed E-state index contributed by atoms with van der Waals surface area (Å²) in [5.74, 6) is -3.35. The highest BCUT2D eigenvalue weighted by atomic mass is 32.2. The number of phosphoric acid groups is 1. The van der Waals surface area contributed by atoms with Crippen molar-refractivity contribution in [2.75, 3.05) is 25.5 Å². The number of hydrogen-bond donors (Lipinski definition) is 6. The molecule has 37 heavy (non-hydrogen) atoms. The van der Waals surface area contributed by atoms with Gasteiger partial charge in [-0.2, -0.15) is 0 Å². The largest absolute Gasteiger partial charge is 0.480 e. The van der Waals surface area contributed by atoms with E-state index in [4.69, 9.17) is 20.5 Å². The number of guanidine groups is 1. The summed E-state index contributed by atoms with van der Waals surface area (Å²) < 4.78 is 23.2. The summed E-state index contributed by atoms with van der Waals surface area (Å²) in [5, 5.41) is 23.5. The Morgan fingerprint density at radius 3 is 2.51 bits per heavy atom. The monoisotopic (exact) mass is 559 g/mol. The van der Waals surface area contributed by atoms with E-state index in [0.717, 1.165) is 11.8 Å². The van der Waals surface area contributed by atoms with Gasteiger partial charge in [0.15, 0.2) is 12.0 Å². The molecular weight excluding hydrogens is 529 g/mol. The van der Waals surface area contributed by atoms with Gasteiger partial charge in [0.1, 0.15) is 6.04 Å². The molecule has 1 amide bonds. The second-order valence-corrected chi connectivity index (χ2v) is 10.2. The van der Waals surface area contributed by atoms with Crippen LogP contribution in [0.2, 0.25) is 0 Å². The Balaban J connectivity index is 2.26. The van der Waals surface area contributed by atoms with Crippen molar-refractivity contribution in [3.63, 3.8) is 0 Å². The minimum absolute atomic E-state index is 0.0988. The number of rotatable bonds is 16. The van der Waals surface area contributed by atoms with E-state index in [9.17, 15) is 34.1 Å². The fourth-order valence-electron chi connectivity index (χ4n) is 3.17. The average Bonchev–Trinajstić information content (AvgIpc) is 3.17. The van der Waals surface area contributed by atoms with Crippen LogP contribution in [0.5, 0.6) is 0 Å². The summed E-state index contributed by atoms with van der Waals surface area (Å²) in [6.07, 6.45) is 2.24. The Morgan fingerprint density at radius 1 is 1.19 bits per heavy atom. The molecule has 16 heteroatoms. The van der Waals surface area contributed by atoms with E-state index in [1.807, 2.05) is 0 Å². The Labute approximate surface area is 216 Å². The van der Waals surface area contributed by atoms with Gasteiger partial charge in [0.2, 0.25) is 5.91 Å². The van der Waals surface area contributed by atoms with Gasteiger partial charge in [0.25, 0.3) is 0 Å². The van der Waals surface area contributed by atoms with Gasteiger partial charge in [0, 0.05) is 29.1 Å². The fourth-order valence-corrected chi connectivity index (χ4v) is 5.11.